The van der Waals surface area contributed by atoms with Crippen LogP contribution < -0.4 is 4.90 Å². The molecule has 2 rings (SSSR count). The van der Waals surface area contributed by atoms with E-state index >= 15 is 0 Å². The highest BCUT2D eigenvalue weighted by atomic mass is 16.3. The van der Waals surface area contributed by atoms with Crippen LogP contribution in [0.25, 0.3) is 0 Å². The topological polar surface area (TPSA) is 40.5 Å². The molecular formula is C14H19NO2. The van der Waals surface area contributed by atoms with Crippen molar-refractivity contribution in [2.45, 2.75) is 32.2 Å². The van der Waals surface area contributed by atoms with E-state index in [1.807, 2.05) is 31.2 Å². The molecule has 92 valence electrons. The average molecular weight is 233 g/mol. The molecule has 0 radical (unpaired) electrons. The Bertz CT molecular complexity index is 399. The second-order valence-electron chi connectivity index (χ2n) is 4.44. The van der Waals surface area contributed by atoms with Crippen molar-refractivity contribution in [1.82, 2.24) is 0 Å². The lowest BCUT2D eigenvalue weighted by atomic mass is 10.1. The molecule has 0 aliphatic heterocycles. The third-order valence-corrected chi connectivity index (χ3v) is 3.16. The molecular weight excluding hydrogens is 214 g/mol. The van der Waals surface area contributed by atoms with Crippen LogP contribution in [-0.2, 0) is 0 Å². The van der Waals surface area contributed by atoms with Crippen LogP contribution in [0, 0.1) is 0 Å². The van der Waals surface area contributed by atoms with Gasteiger partial charge in [0.05, 0.1) is 6.61 Å². The summed E-state index contributed by atoms with van der Waals surface area (Å²) in [5.74, 6) is 0.171. The SMILES string of the molecule is CCC(=O)c1ccccc1N(CCO)C1CC1. The van der Waals surface area contributed by atoms with Gasteiger partial charge in [-0.1, -0.05) is 19.1 Å². The number of anilines is 1. The third-order valence-electron chi connectivity index (χ3n) is 3.16. The van der Waals surface area contributed by atoms with Crippen LogP contribution in [0.1, 0.15) is 36.5 Å². The van der Waals surface area contributed by atoms with E-state index < -0.39 is 0 Å². The number of rotatable bonds is 6. The first-order valence-electron chi connectivity index (χ1n) is 6.27. The van der Waals surface area contributed by atoms with Crippen LogP contribution in [0.3, 0.4) is 0 Å². The number of Topliss-reactive ketones (excluding diaryl/α,β-unsaturated/α-hetero) is 1. The Hall–Kier alpha value is -1.35. The quantitative estimate of drug-likeness (QED) is 0.766. The van der Waals surface area contributed by atoms with Crippen molar-refractivity contribution in [3.8, 4) is 0 Å². The molecule has 0 saturated heterocycles. The van der Waals surface area contributed by atoms with Gasteiger partial charge in [-0.15, -0.1) is 0 Å². The van der Waals surface area contributed by atoms with Crippen LogP contribution >= 0.6 is 0 Å². The predicted molar refractivity (Wildman–Crippen MR) is 68.5 cm³/mol. The van der Waals surface area contributed by atoms with Gasteiger partial charge in [0.25, 0.3) is 0 Å². The number of carbonyl (C=O) groups is 1. The molecule has 3 nitrogen and oxygen atoms in total. The fourth-order valence-electron chi connectivity index (χ4n) is 2.14. The Balaban J connectivity index is 2.31. The van der Waals surface area contributed by atoms with Gasteiger partial charge < -0.3 is 10.0 Å². The fraction of sp³-hybridized carbons (Fsp3) is 0.500. The van der Waals surface area contributed by atoms with Crippen LogP contribution in [0.2, 0.25) is 0 Å². The Morgan fingerprint density at radius 2 is 2.12 bits per heavy atom. The minimum Gasteiger partial charge on any atom is -0.395 e. The molecule has 0 heterocycles. The third kappa shape index (κ3) is 2.67. The summed E-state index contributed by atoms with van der Waals surface area (Å²) in [6.45, 7) is 2.62. The monoisotopic (exact) mass is 233 g/mol. The predicted octanol–water partition coefficient (Wildman–Crippen LogP) is 2.24. The van der Waals surface area contributed by atoms with Gasteiger partial charge in [-0.3, -0.25) is 4.79 Å². The van der Waals surface area contributed by atoms with E-state index in [4.69, 9.17) is 5.11 Å². The Labute approximate surface area is 102 Å². The molecule has 1 aliphatic rings. The lowest BCUT2D eigenvalue weighted by Crippen LogP contribution is -2.30. The summed E-state index contributed by atoms with van der Waals surface area (Å²) in [5, 5.41) is 9.13. The molecule has 1 saturated carbocycles. The highest BCUT2D eigenvalue weighted by molar-refractivity contribution is 6.01. The van der Waals surface area contributed by atoms with Crippen molar-refractivity contribution in [2.75, 3.05) is 18.1 Å². The zero-order chi connectivity index (χ0) is 12.3. The lowest BCUT2D eigenvalue weighted by Gasteiger charge is -2.25. The molecule has 1 aromatic carbocycles. The number of carbonyl (C=O) groups excluding carboxylic acids is 1. The first-order valence-corrected chi connectivity index (χ1v) is 6.27. The summed E-state index contributed by atoms with van der Waals surface area (Å²) in [6, 6.07) is 8.23. The maximum atomic E-state index is 11.9. The number of benzene rings is 1. The smallest absolute Gasteiger partial charge is 0.164 e. The first-order chi connectivity index (χ1) is 8.27. The van der Waals surface area contributed by atoms with E-state index in [1.54, 1.807) is 0 Å². The first kappa shape index (κ1) is 12.1. The molecule has 1 fully saturated rings. The molecule has 0 unspecified atom stereocenters. The van der Waals surface area contributed by atoms with Crippen LogP contribution in [0.5, 0.6) is 0 Å². The number of nitrogens with zero attached hydrogens (tertiary/aromatic N) is 1. The van der Waals surface area contributed by atoms with Crippen molar-refractivity contribution in [3.63, 3.8) is 0 Å². The van der Waals surface area contributed by atoms with Gasteiger partial charge in [0, 0.05) is 30.3 Å². The summed E-state index contributed by atoms with van der Waals surface area (Å²) < 4.78 is 0. The summed E-state index contributed by atoms with van der Waals surface area (Å²) in [6.07, 6.45) is 2.85. The molecule has 0 atom stereocenters. The zero-order valence-corrected chi connectivity index (χ0v) is 10.2. The summed E-state index contributed by atoms with van der Waals surface area (Å²) in [4.78, 5) is 14.1. The van der Waals surface area contributed by atoms with Crippen molar-refractivity contribution in [2.24, 2.45) is 0 Å². The van der Waals surface area contributed by atoms with Crippen LogP contribution in [0.4, 0.5) is 5.69 Å². The van der Waals surface area contributed by atoms with Crippen molar-refractivity contribution in [3.05, 3.63) is 29.8 Å². The molecule has 1 aliphatic carbocycles. The van der Waals surface area contributed by atoms with E-state index in [-0.39, 0.29) is 12.4 Å². The maximum Gasteiger partial charge on any atom is 0.164 e. The lowest BCUT2D eigenvalue weighted by molar-refractivity contribution is 0.0988. The van der Waals surface area contributed by atoms with E-state index in [1.165, 1.54) is 0 Å². The van der Waals surface area contributed by atoms with Crippen LogP contribution in [-0.4, -0.2) is 30.1 Å². The van der Waals surface area contributed by atoms with Gasteiger partial charge in [0.15, 0.2) is 5.78 Å². The van der Waals surface area contributed by atoms with Crippen LogP contribution in [0.15, 0.2) is 24.3 Å². The van der Waals surface area contributed by atoms with Crippen molar-refractivity contribution < 1.29 is 9.90 Å². The van der Waals surface area contributed by atoms with Gasteiger partial charge in [0.2, 0.25) is 0 Å². The van der Waals surface area contributed by atoms with E-state index in [0.717, 1.165) is 24.1 Å². The number of aliphatic hydroxyl groups excluding tert-OH is 1. The van der Waals surface area contributed by atoms with Crippen molar-refractivity contribution in [1.29, 1.82) is 0 Å². The second kappa shape index (κ2) is 5.32. The number of hydrogen-bond acceptors (Lipinski definition) is 3. The molecule has 0 amide bonds. The number of hydrogen-bond donors (Lipinski definition) is 1. The molecule has 0 aromatic heterocycles. The molecule has 17 heavy (non-hydrogen) atoms. The fourth-order valence-corrected chi connectivity index (χ4v) is 2.14. The molecule has 3 heteroatoms. The zero-order valence-electron chi connectivity index (χ0n) is 10.2. The molecule has 0 spiro atoms. The number of aliphatic hydroxyl groups is 1. The Morgan fingerprint density at radius 3 is 2.71 bits per heavy atom. The maximum absolute atomic E-state index is 11.9. The summed E-state index contributed by atoms with van der Waals surface area (Å²) >= 11 is 0. The highest BCUT2D eigenvalue weighted by Gasteiger charge is 2.30. The van der Waals surface area contributed by atoms with Gasteiger partial charge >= 0.3 is 0 Å². The minimum absolute atomic E-state index is 0.130. The van der Waals surface area contributed by atoms with E-state index in [0.29, 0.717) is 19.0 Å². The molecule has 1 aromatic rings. The highest BCUT2D eigenvalue weighted by Crippen LogP contribution is 2.33. The van der Waals surface area contributed by atoms with Gasteiger partial charge in [-0.2, -0.15) is 0 Å². The summed E-state index contributed by atoms with van der Waals surface area (Å²) in [5.41, 5.74) is 1.77. The van der Waals surface area contributed by atoms with Gasteiger partial charge in [-0.05, 0) is 25.0 Å². The van der Waals surface area contributed by atoms with Crippen molar-refractivity contribution >= 4 is 11.5 Å². The second-order valence-corrected chi connectivity index (χ2v) is 4.44. The molecule has 0 bridgehead atoms. The average Bonchev–Trinajstić information content (AvgIpc) is 3.19. The largest absolute Gasteiger partial charge is 0.395 e. The Morgan fingerprint density at radius 1 is 1.41 bits per heavy atom. The number of ketones is 1. The van der Waals surface area contributed by atoms with E-state index in [2.05, 4.69) is 4.90 Å². The van der Waals surface area contributed by atoms with E-state index in [9.17, 15) is 4.79 Å². The normalized spacial score (nSPS) is 14.7. The Kier molecular flexibility index (Phi) is 3.79. The van der Waals surface area contributed by atoms with Gasteiger partial charge in [0.1, 0.15) is 0 Å². The van der Waals surface area contributed by atoms with Gasteiger partial charge in [-0.25, -0.2) is 0 Å². The number of para-hydroxylation sites is 1. The molecule has 1 N–H and O–H groups in total. The standard InChI is InChI=1S/C14H19NO2/c1-2-14(17)12-5-3-4-6-13(12)15(9-10-16)11-7-8-11/h3-6,11,16H,2,7-10H2,1H3. The minimum atomic E-state index is 0.130. The summed E-state index contributed by atoms with van der Waals surface area (Å²) in [7, 11) is 0.